The first-order valence-corrected chi connectivity index (χ1v) is 5.58. The Labute approximate surface area is 103 Å². The predicted molar refractivity (Wildman–Crippen MR) is 66.1 cm³/mol. The van der Waals surface area contributed by atoms with Gasteiger partial charge in [-0.2, -0.15) is 13.2 Å². The number of nitrogens with zero attached hydrogens (tertiary/aromatic N) is 1. The molecule has 1 aromatic heterocycles. The van der Waals surface area contributed by atoms with Crippen molar-refractivity contribution in [1.82, 2.24) is 4.98 Å². The number of fused-ring (bicyclic) bond motifs is 1. The van der Waals surface area contributed by atoms with E-state index < -0.39 is 11.7 Å². The van der Waals surface area contributed by atoms with Crippen LogP contribution in [-0.2, 0) is 6.18 Å². The Bertz CT molecular complexity index is 600. The standard InChI is InChI=1S/C14H12F3N/c1-3-9(2)10-7-8-18-13-11(10)5-4-6-12(13)14(15,16)17/h4-8H,2-3H2,1H3. The molecule has 4 heteroatoms. The van der Waals surface area contributed by atoms with Gasteiger partial charge >= 0.3 is 6.18 Å². The zero-order valence-corrected chi connectivity index (χ0v) is 9.88. The zero-order chi connectivity index (χ0) is 13.3. The van der Waals surface area contributed by atoms with Crippen molar-refractivity contribution in [2.75, 3.05) is 0 Å². The van der Waals surface area contributed by atoms with Gasteiger partial charge in [-0.3, -0.25) is 4.98 Å². The molecule has 0 aliphatic heterocycles. The Kier molecular flexibility index (Phi) is 3.11. The second-order valence-corrected chi connectivity index (χ2v) is 4.02. The highest BCUT2D eigenvalue weighted by Crippen LogP contribution is 2.35. The third-order valence-corrected chi connectivity index (χ3v) is 2.88. The van der Waals surface area contributed by atoms with Gasteiger partial charge in [0.15, 0.2) is 0 Å². The minimum Gasteiger partial charge on any atom is -0.256 e. The van der Waals surface area contributed by atoms with E-state index in [0.717, 1.165) is 17.2 Å². The average molecular weight is 251 g/mol. The van der Waals surface area contributed by atoms with E-state index in [4.69, 9.17) is 0 Å². The van der Waals surface area contributed by atoms with E-state index in [1.165, 1.54) is 12.3 Å². The van der Waals surface area contributed by atoms with Crippen LogP contribution in [-0.4, -0.2) is 4.98 Å². The van der Waals surface area contributed by atoms with E-state index in [2.05, 4.69) is 11.6 Å². The van der Waals surface area contributed by atoms with Crippen LogP contribution in [0.2, 0.25) is 0 Å². The summed E-state index contributed by atoms with van der Waals surface area (Å²) in [5, 5.41) is 0.499. The molecule has 0 fully saturated rings. The van der Waals surface area contributed by atoms with E-state index in [0.29, 0.717) is 11.8 Å². The quantitative estimate of drug-likeness (QED) is 0.755. The molecule has 2 rings (SSSR count). The van der Waals surface area contributed by atoms with Gasteiger partial charge in [0.1, 0.15) is 0 Å². The van der Waals surface area contributed by atoms with E-state index in [1.807, 2.05) is 6.92 Å². The second kappa shape index (κ2) is 4.44. The van der Waals surface area contributed by atoms with Crippen molar-refractivity contribution in [1.29, 1.82) is 0 Å². The van der Waals surface area contributed by atoms with Crippen molar-refractivity contribution < 1.29 is 13.2 Å². The Hall–Kier alpha value is -1.84. The summed E-state index contributed by atoms with van der Waals surface area (Å²) in [6, 6.07) is 5.80. The summed E-state index contributed by atoms with van der Waals surface area (Å²) in [7, 11) is 0. The largest absolute Gasteiger partial charge is 0.418 e. The zero-order valence-electron chi connectivity index (χ0n) is 9.88. The molecule has 0 aliphatic carbocycles. The molecule has 0 aliphatic rings. The highest BCUT2D eigenvalue weighted by Gasteiger charge is 2.33. The average Bonchev–Trinajstić information content (AvgIpc) is 2.35. The molecule has 0 spiro atoms. The fourth-order valence-electron chi connectivity index (χ4n) is 1.90. The summed E-state index contributed by atoms with van der Waals surface area (Å²) in [5.41, 5.74) is 0.818. The minimum absolute atomic E-state index is 0.0166. The molecule has 1 aromatic carbocycles. The van der Waals surface area contributed by atoms with Crippen LogP contribution in [0.3, 0.4) is 0 Å². The van der Waals surface area contributed by atoms with Crippen LogP contribution in [0.25, 0.3) is 16.5 Å². The van der Waals surface area contributed by atoms with Gasteiger partial charge in [-0.15, -0.1) is 0 Å². The Morgan fingerprint density at radius 3 is 2.61 bits per heavy atom. The second-order valence-electron chi connectivity index (χ2n) is 4.02. The maximum Gasteiger partial charge on any atom is 0.418 e. The first-order chi connectivity index (χ1) is 8.45. The normalized spacial score (nSPS) is 11.8. The number of allylic oxidation sites excluding steroid dienone is 1. The van der Waals surface area contributed by atoms with Gasteiger partial charge in [0.05, 0.1) is 11.1 Å². The number of para-hydroxylation sites is 1. The lowest BCUT2D eigenvalue weighted by Crippen LogP contribution is -2.06. The van der Waals surface area contributed by atoms with Gasteiger partial charge in [-0.1, -0.05) is 25.6 Å². The maximum atomic E-state index is 12.9. The van der Waals surface area contributed by atoms with Crippen LogP contribution in [0.5, 0.6) is 0 Å². The van der Waals surface area contributed by atoms with E-state index in [9.17, 15) is 13.2 Å². The van der Waals surface area contributed by atoms with Crippen LogP contribution >= 0.6 is 0 Å². The molecule has 1 heterocycles. The van der Waals surface area contributed by atoms with Crippen molar-refractivity contribution in [2.24, 2.45) is 0 Å². The van der Waals surface area contributed by atoms with Crippen molar-refractivity contribution in [3.8, 4) is 0 Å². The summed E-state index contributed by atoms with van der Waals surface area (Å²) in [4.78, 5) is 3.86. The number of rotatable bonds is 2. The first-order valence-electron chi connectivity index (χ1n) is 5.58. The number of alkyl halides is 3. The molecule has 0 saturated heterocycles. The molecule has 0 radical (unpaired) electrons. The van der Waals surface area contributed by atoms with Gasteiger partial charge in [0, 0.05) is 11.6 Å². The molecule has 1 nitrogen and oxygen atoms in total. The van der Waals surface area contributed by atoms with Gasteiger partial charge in [0.25, 0.3) is 0 Å². The minimum atomic E-state index is -4.39. The smallest absolute Gasteiger partial charge is 0.256 e. The van der Waals surface area contributed by atoms with Gasteiger partial charge < -0.3 is 0 Å². The van der Waals surface area contributed by atoms with Crippen molar-refractivity contribution in [3.63, 3.8) is 0 Å². The predicted octanol–water partition coefficient (Wildman–Crippen LogP) is 4.68. The third-order valence-electron chi connectivity index (χ3n) is 2.88. The number of halogens is 3. The lowest BCUT2D eigenvalue weighted by atomic mass is 9.99. The van der Waals surface area contributed by atoms with Gasteiger partial charge in [-0.05, 0) is 29.7 Å². The van der Waals surface area contributed by atoms with Crippen molar-refractivity contribution in [3.05, 3.63) is 48.2 Å². The Balaban J connectivity index is 2.78. The summed E-state index contributed by atoms with van der Waals surface area (Å²) in [5.74, 6) is 0. The molecular weight excluding hydrogens is 239 g/mol. The fourth-order valence-corrected chi connectivity index (χ4v) is 1.90. The van der Waals surface area contributed by atoms with E-state index >= 15 is 0 Å². The highest BCUT2D eigenvalue weighted by atomic mass is 19.4. The molecule has 94 valence electrons. The number of benzene rings is 1. The Morgan fingerprint density at radius 2 is 2.00 bits per heavy atom. The molecule has 0 amide bonds. The first kappa shape index (κ1) is 12.6. The fraction of sp³-hybridized carbons (Fsp3) is 0.214. The van der Waals surface area contributed by atoms with E-state index in [-0.39, 0.29) is 5.52 Å². The molecule has 0 bridgehead atoms. The summed E-state index contributed by atoms with van der Waals surface area (Å²) >= 11 is 0. The Morgan fingerprint density at radius 1 is 1.28 bits per heavy atom. The van der Waals surface area contributed by atoms with Crippen LogP contribution in [0.4, 0.5) is 13.2 Å². The number of hydrogen-bond acceptors (Lipinski definition) is 1. The number of hydrogen-bond donors (Lipinski definition) is 0. The third kappa shape index (κ3) is 2.10. The molecular formula is C14H12F3N. The van der Waals surface area contributed by atoms with Crippen molar-refractivity contribution >= 4 is 16.5 Å². The molecule has 0 saturated carbocycles. The molecule has 0 N–H and O–H groups in total. The van der Waals surface area contributed by atoms with Crippen LogP contribution in [0.1, 0.15) is 24.5 Å². The van der Waals surface area contributed by atoms with E-state index in [1.54, 1.807) is 12.1 Å². The molecule has 2 aromatic rings. The molecule has 0 atom stereocenters. The highest BCUT2D eigenvalue weighted by molar-refractivity contribution is 5.92. The summed E-state index contributed by atoms with van der Waals surface area (Å²) in [6.45, 7) is 5.80. The van der Waals surface area contributed by atoms with Crippen LogP contribution in [0, 0.1) is 0 Å². The van der Waals surface area contributed by atoms with Crippen LogP contribution < -0.4 is 0 Å². The summed E-state index contributed by atoms with van der Waals surface area (Å²) < 4.78 is 38.6. The SMILES string of the molecule is C=C(CC)c1ccnc2c(C(F)(F)F)cccc12. The summed E-state index contributed by atoms with van der Waals surface area (Å²) in [6.07, 6.45) is -2.30. The number of pyridine rings is 1. The topological polar surface area (TPSA) is 12.9 Å². The van der Waals surface area contributed by atoms with Gasteiger partial charge in [-0.25, -0.2) is 0 Å². The molecule has 18 heavy (non-hydrogen) atoms. The van der Waals surface area contributed by atoms with Gasteiger partial charge in [0.2, 0.25) is 0 Å². The lowest BCUT2D eigenvalue weighted by Gasteiger charge is -2.12. The van der Waals surface area contributed by atoms with Crippen LogP contribution in [0.15, 0.2) is 37.0 Å². The lowest BCUT2D eigenvalue weighted by molar-refractivity contribution is -0.136. The maximum absolute atomic E-state index is 12.9. The van der Waals surface area contributed by atoms with Crippen molar-refractivity contribution in [2.45, 2.75) is 19.5 Å². The monoisotopic (exact) mass is 251 g/mol. The number of aromatic nitrogens is 1. The molecule has 0 unspecified atom stereocenters.